The first-order chi connectivity index (χ1) is 11.6. The van der Waals surface area contributed by atoms with Gasteiger partial charge in [-0.05, 0) is 29.3 Å². The Kier molecular flexibility index (Phi) is 4.66. The van der Waals surface area contributed by atoms with Gasteiger partial charge in [-0.1, -0.05) is 60.7 Å². The molecule has 0 unspecified atom stereocenters. The summed E-state index contributed by atoms with van der Waals surface area (Å²) in [6.45, 7) is 0. The van der Waals surface area contributed by atoms with Crippen LogP contribution in [-0.4, -0.2) is 5.91 Å². The molecule has 2 nitrogen and oxygen atoms in total. The molecule has 4 heteroatoms. The van der Waals surface area contributed by atoms with E-state index in [1.165, 1.54) is 6.07 Å². The standard InChI is InChI=1S/C20H15F2NO/c21-17-12-11-16(13-18(17)22)20(24)23-19(14-7-3-1-4-8-14)15-9-5-2-6-10-15/h1-13,19H,(H,23,24). The molecule has 0 bridgehead atoms. The van der Waals surface area contributed by atoms with Gasteiger partial charge in [-0.3, -0.25) is 4.79 Å². The van der Waals surface area contributed by atoms with E-state index >= 15 is 0 Å². The molecule has 3 aromatic carbocycles. The second kappa shape index (κ2) is 7.04. The highest BCUT2D eigenvalue weighted by atomic mass is 19.2. The fraction of sp³-hybridized carbons (Fsp3) is 0.0500. The van der Waals surface area contributed by atoms with E-state index in [4.69, 9.17) is 0 Å². The average Bonchev–Trinajstić information content (AvgIpc) is 2.63. The molecule has 0 spiro atoms. The van der Waals surface area contributed by atoms with Crippen LogP contribution in [0.25, 0.3) is 0 Å². The van der Waals surface area contributed by atoms with Crippen LogP contribution in [0.5, 0.6) is 0 Å². The third-order valence-electron chi connectivity index (χ3n) is 3.72. The molecular weight excluding hydrogens is 308 g/mol. The Labute approximate surface area is 138 Å². The third-order valence-corrected chi connectivity index (χ3v) is 3.72. The van der Waals surface area contributed by atoms with Crippen LogP contribution in [0.2, 0.25) is 0 Å². The largest absolute Gasteiger partial charge is 0.341 e. The predicted octanol–water partition coefficient (Wildman–Crippen LogP) is 4.48. The molecule has 1 amide bonds. The Bertz CT molecular complexity index is 795. The quantitative estimate of drug-likeness (QED) is 0.753. The minimum absolute atomic E-state index is 0.0748. The van der Waals surface area contributed by atoms with Crippen molar-refractivity contribution in [3.8, 4) is 0 Å². The topological polar surface area (TPSA) is 29.1 Å². The number of carbonyl (C=O) groups is 1. The normalized spacial score (nSPS) is 10.6. The smallest absolute Gasteiger partial charge is 0.252 e. The van der Waals surface area contributed by atoms with E-state index in [-0.39, 0.29) is 11.6 Å². The monoisotopic (exact) mass is 323 g/mol. The summed E-state index contributed by atoms with van der Waals surface area (Å²) in [7, 11) is 0. The first-order valence-electron chi connectivity index (χ1n) is 7.51. The van der Waals surface area contributed by atoms with Gasteiger partial charge in [0.25, 0.3) is 5.91 Å². The summed E-state index contributed by atoms with van der Waals surface area (Å²) in [6.07, 6.45) is 0. The second-order valence-electron chi connectivity index (χ2n) is 5.36. The molecule has 0 aliphatic carbocycles. The van der Waals surface area contributed by atoms with Crippen molar-refractivity contribution in [1.29, 1.82) is 0 Å². The molecular formula is C20H15F2NO. The maximum absolute atomic E-state index is 13.4. The molecule has 24 heavy (non-hydrogen) atoms. The van der Waals surface area contributed by atoms with Crippen molar-refractivity contribution in [2.45, 2.75) is 6.04 Å². The summed E-state index contributed by atoms with van der Waals surface area (Å²) < 4.78 is 26.4. The molecule has 1 N–H and O–H groups in total. The summed E-state index contributed by atoms with van der Waals surface area (Å²) in [5.74, 6) is -2.49. The average molecular weight is 323 g/mol. The van der Waals surface area contributed by atoms with Crippen molar-refractivity contribution in [3.63, 3.8) is 0 Å². The van der Waals surface area contributed by atoms with Crippen molar-refractivity contribution in [3.05, 3.63) is 107 Å². The summed E-state index contributed by atoms with van der Waals surface area (Å²) >= 11 is 0. The molecule has 120 valence electrons. The lowest BCUT2D eigenvalue weighted by Crippen LogP contribution is -2.29. The van der Waals surface area contributed by atoms with E-state index in [2.05, 4.69) is 5.32 Å². The number of halogens is 2. The van der Waals surface area contributed by atoms with Crippen LogP contribution in [0.4, 0.5) is 8.78 Å². The van der Waals surface area contributed by atoms with Crippen molar-refractivity contribution in [2.24, 2.45) is 0 Å². The molecule has 0 aliphatic rings. The number of benzene rings is 3. The van der Waals surface area contributed by atoms with Gasteiger partial charge in [-0.25, -0.2) is 8.78 Å². The zero-order valence-electron chi connectivity index (χ0n) is 12.7. The van der Waals surface area contributed by atoms with Crippen LogP contribution in [0.3, 0.4) is 0 Å². The summed E-state index contributed by atoms with van der Waals surface area (Å²) in [4.78, 5) is 12.5. The minimum atomic E-state index is -1.04. The molecule has 0 radical (unpaired) electrons. The van der Waals surface area contributed by atoms with Crippen LogP contribution in [-0.2, 0) is 0 Å². The zero-order chi connectivity index (χ0) is 16.9. The number of hydrogen-bond acceptors (Lipinski definition) is 1. The van der Waals surface area contributed by atoms with Crippen molar-refractivity contribution < 1.29 is 13.6 Å². The minimum Gasteiger partial charge on any atom is -0.341 e. The van der Waals surface area contributed by atoms with E-state index in [1.807, 2.05) is 60.7 Å². The molecule has 3 rings (SSSR count). The third kappa shape index (κ3) is 3.49. The van der Waals surface area contributed by atoms with Gasteiger partial charge >= 0.3 is 0 Å². The van der Waals surface area contributed by atoms with Gasteiger partial charge in [0.1, 0.15) is 0 Å². The van der Waals surface area contributed by atoms with Gasteiger partial charge in [-0.15, -0.1) is 0 Å². The highest BCUT2D eigenvalue weighted by Gasteiger charge is 2.18. The van der Waals surface area contributed by atoms with E-state index < -0.39 is 17.5 Å². The van der Waals surface area contributed by atoms with Gasteiger partial charge in [0.15, 0.2) is 11.6 Å². The van der Waals surface area contributed by atoms with Crippen LogP contribution in [0.15, 0.2) is 78.9 Å². The molecule has 0 atom stereocenters. The van der Waals surface area contributed by atoms with E-state index in [0.29, 0.717) is 0 Å². The fourth-order valence-electron chi connectivity index (χ4n) is 2.50. The lowest BCUT2D eigenvalue weighted by Gasteiger charge is -2.20. The Morgan fingerprint density at radius 2 is 1.29 bits per heavy atom. The molecule has 0 aromatic heterocycles. The lowest BCUT2D eigenvalue weighted by molar-refractivity contribution is 0.0942. The van der Waals surface area contributed by atoms with Crippen LogP contribution in [0, 0.1) is 11.6 Å². The maximum Gasteiger partial charge on any atom is 0.252 e. The molecule has 0 aliphatic heterocycles. The van der Waals surface area contributed by atoms with Gasteiger partial charge < -0.3 is 5.32 Å². The Hall–Kier alpha value is -3.01. The van der Waals surface area contributed by atoms with Gasteiger partial charge in [0.2, 0.25) is 0 Å². The van der Waals surface area contributed by atoms with E-state index in [9.17, 15) is 13.6 Å². The van der Waals surface area contributed by atoms with Gasteiger partial charge in [-0.2, -0.15) is 0 Å². The van der Waals surface area contributed by atoms with Crippen LogP contribution < -0.4 is 5.32 Å². The first-order valence-corrected chi connectivity index (χ1v) is 7.51. The van der Waals surface area contributed by atoms with Gasteiger partial charge in [0.05, 0.1) is 6.04 Å². The van der Waals surface area contributed by atoms with E-state index in [1.54, 1.807) is 0 Å². The first kappa shape index (κ1) is 15.9. The van der Waals surface area contributed by atoms with Crippen molar-refractivity contribution in [2.75, 3.05) is 0 Å². The fourth-order valence-corrected chi connectivity index (χ4v) is 2.50. The van der Waals surface area contributed by atoms with E-state index in [0.717, 1.165) is 23.3 Å². The summed E-state index contributed by atoms with van der Waals surface area (Å²) in [6, 6.07) is 21.7. The summed E-state index contributed by atoms with van der Waals surface area (Å²) in [5, 5.41) is 2.88. The maximum atomic E-state index is 13.4. The molecule has 0 heterocycles. The Morgan fingerprint density at radius 3 is 1.79 bits per heavy atom. The van der Waals surface area contributed by atoms with Crippen LogP contribution >= 0.6 is 0 Å². The SMILES string of the molecule is O=C(NC(c1ccccc1)c1ccccc1)c1ccc(F)c(F)c1. The number of hydrogen-bond donors (Lipinski definition) is 1. The Balaban J connectivity index is 1.92. The lowest BCUT2D eigenvalue weighted by atomic mass is 9.98. The number of nitrogens with one attached hydrogen (secondary N) is 1. The molecule has 0 saturated heterocycles. The number of carbonyl (C=O) groups excluding carboxylic acids is 1. The highest BCUT2D eigenvalue weighted by molar-refractivity contribution is 5.94. The summed E-state index contributed by atoms with van der Waals surface area (Å²) in [5.41, 5.74) is 1.88. The Morgan fingerprint density at radius 1 is 0.750 bits per heavy atom. The number of amides is 1. The molecule has 0 saturated carbocycles. The second-order valence-corrected chi connectivity index (χ2v) is 5.36. The molecule has 3 aromatic rings. The predicted molar refractivity (Wildman–Crippen MR) is 88.6 cm³/mol. The van der Waals surface area contributed by atoms with Crippen molar-refractivity contribution >= 4 is 5.91 Å². The molecule has 0 fully saturated rings. The number of rotatable bonds is 4. The zero-order valence-corrected chi connectivity index (χ0v) is 12.7. The van der Waals surface area contributed by atoms with Crippen molar-refractivity contribution in [1.82, 2.24) is 5.32 Å². The van der Waals surface area contributed by atoms with Crippen LogP contribution in [0.1, 0.15) is 27.5 Å². The highest BCUT2D eigenvalue weighted by Crippen LogP contribution is 2.22. The van der Waals surface area contributed by atoms with Gasteiger partial charge in [0, 0.05) is 5.56 Å².